The van der Waals surface area contributed by atoms with Crippen molar-refractivity contribution in [1.29, 1.82) is 0 Å². The summed E-state index contributed by atoms with van der Waals surface area (Å²) in [5.74, 6) is 0.384. The summed E-state index contributed by atoms with van der Waals surface area (Å²) in [6, 6.07) is 18.6. The van der Waals surface area contributed by atoms with E-state index in [1.165, 1.54) is 11.1 Å². The molecule has 0 spiro atoms. The maximum absolute atomic E-state index is 13.1. The first-order chi connectivity index (χ1) is 13.6. The predicted octanol–water partition coefficient (Wildman–Crippen LogP) is 4.61. The van der Waals surface area contributed by atoms with Crippen molar-refractivity contribution >= 4 is 5.91 Å². The molecule has 2 aromatic carbocycles. The first kappa shape index (κ1) is 19.2. The lowest BCUT2D eigenvalue weighted by atomic mass is 9.66. The molecule has 2 aromatic rings. The van der Waals surface area contributed by atoms with Crippen LogP contribution < -0.4 is 0 Å². The number of amides is 1. The average Bonchev–Trinajstić information content (AvgIpc) is 2.74. The molecule has 0 aromatic heterocycles. The van der Waals surface area contributed by atoms with E-state index in [1.54, 1.807) is 0 Å². The van der Waals surface area contributed by atoms with Crippen molar-refractivity contribution in [3.05, 3.63) is 71.3 Å². The lowest BCUT2D eigenvalue weighted by Crippen LogP contribution is -2.59. The van der Waals surface area contributed by atoms with Crippen LogP contribution in [-0.2, 0) is 16.8 Å². The molecule has 3 nitrogen and oxygen atoms in total. The molecule has 1 aliphatic heterocycles. The Labute approximate surface area is 168 Å². The molecule has 1 N–H and O–H groups in total. The van der Waals surface area contributed by atoms with Gasteiger partial charge in [-0.25, -0.2) is 0 Å². The van der Waals surface area contributed by atoms with Crippen molar-refractivity contribution in [2.45, 2.75) is 63.5 Å². The van der Waals surface area contributed by atoms with Crippen LogP contribution in [0.25, 0.3) is 0 Å². The number of aliphatic hydroxyl groups is 1. The topological polar surface area (TPSA) is 40.5 Å². The monoisotopic (exact) mass is 377 g/mol. The van der Waals surface area contributed by atoms with Crippen LogP contribution in [0.1, 0.15) is 55.2 Å². The van der Waals surface area contributed by atoms with Gasteiger partial charge in [0.05, 0.1) is 5.60 Å². The molecule has 0 bridgehead atoms. The van der Waals surface area contributed by atoms with Crippen molar-refractivity contribution in [3.63, 3.8) is 0 Å². The van der Waals surface area contributed by atoms with Crippen LogP contribution in [0.3, 0.4) is 0 Å². The van der Waals surface area contributed by atoms with Crippen LogP contribution in [0, 0.1) is 12.8 Å². The third-order valence-electron chi connectivity index (χ3n) is 6.94. The van der Waals surface area contributed by atoms with Crippen molar-refractivity contribution < 1.29 is 9.90 Å². The van der Waals surface area contributed by atoms with Gasteiger partial charge < -0.3 is 10.0 Å². The number of nitrogens with zero attached hydrogens (tertiary/aromatic N) is 1. The predicted molar refractivity (Wildman–Crippen MR) is 112 cm³/mol. The maximum Gasteiger partial charge on any atom is 0.223 e. The Morgan fingerprint density at radius 1 is 1.07 bits per heavy atom. The molecular formula is C25H31NO2. The van der Waals surface area contributed by atoms with E-state index < -0.39 is 5.60 Å². The standard InChI is InChI=1S/C25H31NO2/c1-19-9-5-6-10-20(19)15-16-24(27)26-18-17-25(28,21-11-3-2-4-12-21)22-13-7-8-14-23(22)26/h2-6,9-12,22-23,28H,7-8,13-18H2,1H3. The summed E-state index contributed by atoms with van der Waals surface area (Å²) >= 11 is 0. The first-order valence-corrected chi connectivity index (χ1v) is 10.7. The van der Waals surface area contributed by atoms with E-state index in [1.807, 2.05) is 42.5 Å². The summed E-state index contributed by atoms with van der Waals surface area (Å²) in [4.78, 5) is 15.2. The van der Waals surface area contributed by atoms with Gasteiger partial charge in [0.25, 0.3) is 0 Å². The van der Waals surface area contributed by atoms with Crippen LogP contribution in [0.4, 0.5) is 0 Å². The van der Waals surface area contributed by atoms with Crippen LogP contribution in [0.5, 0.6) is 0 Å². The molecule has 148 valence electrons. The number of fused-ring (bicyclic) bond motifs is 1. The zero-order valence-corrected chi connectivity index (χ0v) is 16.8. The SMILES string of the molecule is Cc1ccccc1CCC(=O)N1CCC(O)(c2ccccc2)C2CCCCC21. The van der Waals surface area contributed by atoms with Gasteiger partial charge in [-0.3, -0.25) is 4.79 Å². The van der Waals surface area contributed by atoms with Gasteiger partial charge >= 0.3 is 0 Å². The molecule has 28 heavy (non-hydrogen) atoms. The maximum atomic E-state index is 13.1. The third kappa shape index (κ3) is 3.60. The van der Waals surface area contributed by atoms with Gasteiger partial charge in [-0.05, 0) is 49.3 Å². The molecule has 3 unspecified atom stereocenters. The second kappa shape index (κ2) is 8.08. The summed E-state index contributed by atoms with van der Waals surface area (Å²) in [6.45, 7) is 2.76. The quantitative estimate of drug-likeness (QED) is 0.845. The van der Waals surface area contributed by atoms with Gasteiger partial charge in [0.15, 0.2) is 0 Å². The molecule has 1 saturated carbocycles. The zero-order valence-electron chi connectivity index (χ0n) is 16.8. The second-order valence-corrected chi connectivity index (χ2v) is 8.51. The molecule has 1 saturated heterocycles. The van der Waals surface area contributed by atoms with E-state index in [2.05, 4.69) is 24.0 Å². The van der Waals surface area contributed by atoms with Gasteiger partial charge in [0.1, 0.15) is 0 Å². The average molecular weight is 378 g/mol. The second-order valence-electron chi connectivity index (χ2n) is 8.51. The number of rotatable bonds is 4. The molecule has 3 atom stereocenters. The lowest BCUT2D eigenvalue weighted by Gasteiger charge is -2.52. The van der Waals surface area contributed by atoms with Gasteiger partial charge in [-0.2, -0.15) is 0 Å². The smallest absolute Gasteiger partial charge is 0.223 e. The first-order valence-electron chi connectivity index (χ1n) is 10.7. The lowest BCUT2D eigenvalue weighted by molar-refractivity contribution is -0.154. The zero-order chi connectivity index (χ0) is 19.6. The number of carbonyl (C=O) groups is 1. The van der Waals surface area contributed by atoms with E-state index in [9.17, 15) is 9.90 Å². The van der Waals surface area contributed by atoms with Crippen LogP contribution in [0.15, 0.2) is 54.6 Å². The van der Waals surface area contributed by atoms with E-state index in [-0.39, 0.29) is 17.9 Å². The van der Waals surface area contributed by atoms with Gasteiger partial charge in [0, 0.05) is 24.9 Å². The summed E-state index contributed by atoms with van der Waals surface area (Å²) in [5, 5.41) is 11.6. The Balaban J connectivity index is 1.50. The van der Waals surface area contributed by atoms with E-state index in [0.29, 0.717) is 19.4 Å². The highest BCUT2D eigenvalue weighted by Gasteiger charge is 2.50. The largest absolute Gasteiger partial charge is 0.385 e. The molecule has 1 heterocycles. The van der Waals surface area contributed by atoms with Crippen LogP contribution >= 0.6 is 0 Å². The normalized spacial score (nSPS) is 27.3. The summed E-state index contributed by atoms with van der Waals surface area (Å²) < 4.78 is 0. The van der Waals surface area contributed by atoms with Crippen molar-refractivity contribution in [1.82, 2.24) is 4.90 Å². The van der Waals surface area contributed by atoms with Crippen LogP contribution in [0.2, 0.25) is 0 Å². The Morgan fingerprint density at radius 3 is 2.57 bits per heavy atom. The van der Waals surface area contributed by atoms with Gasteiger partial charge in [-0.1, -0.05) is 67.4 Å². The Hall–Kier alpha value is -2.13. The van der Waals surface area contributed by atoms with Gasteiger partial charge in [0.2, 0.25) is 5.91 Å². The minimum atomic E-state index is -0.806. The number of benzene rings is 2. The highest BCUT2D eigenvalue weighted by Crippen LogP contribution is 2.47. The minimum Gasteiger partial charge on any atom is -0.385 e. The number of hydrogen-bond acceptors (Lipinski definition) is 2. The molecule has 3 heteroatoms. The van der Waals surface area contributed by atoms with Crippen molar-refractivity contribution in [2.75, 3.05) is 6.54 Å². The van der Waals surface area contributed by atoms with Crippen LogP contribution in [-0.4, -0.2) is 28.5 Å². The molecular weight excluding hydrogens is 346 g/mol. The minimum absolute atomic E-state index is 0.139. The molecule has 2 fully saturated rings. The number of piperidine rings is 1. The van der Waals surface area contributed by atoms with Gasteiger partial charge in [-0.15, -0.1) is 0 Å². The highest BCUT2D eigenvalue weighted by molar-refractivity contribution is 5.77. The van der Waals surface area contributed by atoms with E-state index in [0.717, 1.165) is 37.7 Å². The molecule has 1 amide bonds. The number of aryl methyl sites for hydroxylation is 2. The number of carbonyl (C=O) groups excluding carboxylic acids is 1. The third-order valence-corrected chi connectivity index (χ3v) is 6.94. The summed E-state index contributed by atoms with van der Waals surface area (Å²) in [7, 11) is 0. The fourth-order valence-corrected chi connectivity index (χ4v) is 5.35. The Morgan fingerprint density at radius 2 is 1.79 bits per heavy atom. The summed E-state index contributed by atoms with van der Waals surface area (Å²) in [6.07, 6.45) is 6.27. The van der Waals surface area contributed by atoms with E-state index in [4.69, 9.17) is 0 Å². The number of likely N-dealkylation sites (tertiary alicyclic amines) is 1. The molecule has 2 aliphatic rings. The Kier molecular flexibility index (Phi) is 5.54. The number of hydrogen-bond donors (Lipinski definition) is 1. The highest BCUT2D eigenvalue weighted by atomic mass is 16.3. The van der Waals surface area contributed by atoms with Crippen molar-refractivity contribution in [3.8, 4) is 0 Å². The fourth-order valence-electron chi connectivity index (χ4n) is 5.35. The molecule has 0 radical (unpaired) electrons. The summed E-state index contributed by atoms with van der Waals surface area (Å²) in [5.41, 5.74) is 2.72. The van der Waals surface area contributed by atoms with E-state index >= 15 is 0 Å². The molecule has 4 rings (SSSR count). The fraction of sp³-hybridized carbons (Fsp3) is 0.480. The molecule has 1 aliphatic carbocycles. The van der Waals surface area contributed by atoms with Crippen molar-refractivity contribution in [2.24, 2.45) is 5.92 Å². The Bertz CT molecular complexity index is 818.